The maximum absolute atomic E-state index is 5.15. The van der Waals surface area contributed by atoms with Gasteiger partial charge in [-0.25, -0.2) is 0 Å². The zero-order valence-electron chi connectivity index (χ0n) is 13.1. The molecule has 112 valence electrons. The molecule has 2 N–H and O–H groups in total. The van der Waals surface area contributed by atoms with Crippen molar-refractivity contribution in [2.24, 2.45) is 0 Å². The third kappa shape index (κ3) is 5.12. The number of rotatable bonds is 7. The minimum Gasteiger partial charge on any atom is -0.497 e. The second kappa shape index (κ2) is 7.70. The van der Waals surface area contributed by atoms with Gasteiger partial charge in [0.2, 0.25) is 0 Å². The van der Waals surface area contributed by atoms with E-state index in [0.29, 0.717) is 0 Å². The van der Waals surface area contributed by atoms with Crippen LogP contribution in [0.15, 0.2) is 42.5 Å². The second-order valence-electron chi connectivity index (χ2n) is 5.33. The van der Waals surface area contributed by atoms with Crippen LogP contribution in [0.5, 0.6) is 5.75 Å². The van der Waals surface area contributed by atoms with Crippen LogP contribution in [0, 0.1) is 13.8 Å². The molecule has 2 aromatic carbocycles. The Balaban J connectivity index is 1.69. The minimum absolute atomic E-state index is 0.874. The van der Waals surface area contributed by atoms with Gasteiger partial charge in [-0.1, -0.05) is 18.2 Å². The molecule has 0 aliphatic carbocycles. The van der Waals surface area contributed by atoms with Gasteiger partial charge in [0, 0.05) is 25.3 Å². The van der Waals surface area contributed by atoms with Crippen molar-refractivity contribution in [2.75, 3.05) is 25.5 Å². The standard InChI is InChI=1S/C18H24N2O/c1-14-10-15(2)12-17(11-14)20-9-8-19-13-16-4-6-18(21-3)7-5-16/h4-7,10-12,19-20H,8-9,13H2,1-3H3. The van der Waals surface area contributed by atoms with Gasteiger partial charge in [-0.15, -0.1) is 0 Å². The third-order valence-corrected chi connectivity index (χ3v) is 3.34. The summed E-state index contributed by atoms with van der Waals surface area (Å²) in [7, 11) is 1.69. The lowest BCUT2D eigenvalue weighted by Gasteiger charge is -2.10. The Morgan fingerprint density at radius 1 is 0.905 bits per heavy atom. The molecule has 0 bridgehead atoms. The number of ether oxygens (including phenoxy) is 1. The predicted octanol–water partition coefficient (Wildman–Crippen LogP) is 3.51. The van der Waals surface area contributed by atoms with E-state index in [0.717, 1.165) is 25.4 Å². The summed E-state index contributed by atoms with van der Waals surface area (Å²) in [6.45, 7) is 6.97. The van der Waals surface area contributed by atoms with Crippen LogP contribution in [0.4, 0.5) is 5.69 Å². The topological polar surface area (TPSA) is 33.3 Å². The Labute approximate surface area is 127 Å². The minimum atomic E-state index is 0.874. The zero-order valence-corrected chi connectivity index (χ0v) is 13.1. The molecule has 0 amide bonds. The lowest BCUT2D eigenvalue weighted by molar-refractivity contribution is 0.414. The van der Waals surface area contributed by atoms with E-state index in [4.69, 9.17) is 4.74 Å². The zero-order chi connectivity index (χ0) is 15.1. The maximum Gasteiger partial charge on any atom is 0.118 e. The summed E-state index contributed by atoms with van der Waals surface area (Å²) < 4.78 is 5.15. The van der Waals surface area contributed by atoms with Gasteiger partial charge in [0.05, 0.1) is 7.11 Å². The van der Waals surface area contributed by atoms with E-state index in [1.807, 2.05) is 12.1 Å². The smallest absolute Gasteiger partial charge is 0.118 e. The molecular formula is C18H24N2O. The number of hydrogen-bond acceptors (Lipinski definition) is 3. The van der Waals surface area contributed by atoms with Gasteiger partial charge in [-0.3, -0.25) is 0 Å². The van der Waals surface area contributed by atoms with Gasteiger partial charge in [0.1, 0.15) is 5.75 Å². The predicted molar refractivity (Wildman–Crippen MR) is 89.1 cm³/mol. The summed E-state index contributed by atoms with van der Waals surface area (Å²) in [5.41, 5.74) is 5.05. The molecule has 3 heteroatoms. The van der Waals surface area contributed by atoms with Crippen molar-refractivity contribution in [3.63, 3.8) is 0 Å². The lowest BCUT2D eigenvalue weighted by Crippen LogP contribution is -2.21. The van der Waals surface area contributed by atoms with E-state index < -0.39 is 0 Å². The molecule has 2 rings (SSSR count). The Hall–Kier alpha value is -2.00. The van der Waals surface area contributed by atoms with Crippen LogP contribution in [0.2, 0.25) is 0 Å². The van der Waals surface area contributed by atoms with Crippen LogP contribution in [-0.4, -0.2) is 20.2 Å². The van der Waals surface area contributed by atoms with Gasteiger partial charge in [-0.05, 0) is 54.8 Å². The van der Waals surface area contributed by atoms with Gasteiger partial charge in [0.15, 0.2) is 0 Å². The molecule has 0 fully saturated rings. The Kier molecular flexibility index (Phi) is 5.64. The quantitative estimate of drug-likeness (QED) is 0.763. The summed E-state index contributed by atoms with van der Waals surface area (Å²) in [4.78, 5) is 0. The average molecular weight is 284 g/mol. The van der Waals surface area contributed by atoms with Crippen molar-refractivity contribution in [2.45, 2.75) is 20.4 Å². The van der Waals surface area contributed by atoms with E-state index in [1.165, 1.54) is 22.4 Å². The molecule has 0 aromatic heterocycles. The molecule has 0 aliphatic rings. The number of methoxy groups -OCH3 is 1. The first kappa shape index (κ1) is 15.4. The van der Waals surface area contributed by atoms with E-state index in [2.05, 4.69) is 54.8 Å². The monoisotopic (exact) mass is 284 g/mol. The van der Waals surface area contributed by atoms with E-state index in [-0.39, 0.29) is 0 Å². The molecule has 0 radical (unpaired) electrons. The van der Waals surface area contributed by atoms with Gasteiger partial charge in [0.25, 0.3) is 0 Å². The first-order valence-corrected chi connectivity index (χ1v) is 7.33. The molecule has 3 nitrogen and oxygen atoms in total. The number of aryl methyl sites for hydroxylation is 2. The Bertz CT molecular complexity index is 544. The first-order chi connectivity index (χ1) is 10.2. The number of hydrogen-bond donors (Lipinski definition) is 2. The largest absolute Gasteiger partial charge is 0.497 e. The Morgan fingerprint density at radius 2 is 1.57 bits per heavy atom. The van der Waals surface area contributed by atoms with Crippen LogP contribution in [0.3, 0.4) is 0 Å². The SMILES string of the molecule is COc1ccc(CNCCNc2cc(C)cc(C)c2)cc1. The summed E-state index contributed by atoms with van der Waals surface area (Å²) in [6, 6.07) is 14.7. The second-order valence-corrected chi connectivity index (χ2v) is 5.33. The Morgan fingerprint density at radius 3 is 2.19 bits per heavy atom. The van der Waals surface area contributed by atoms with Crippen LogP contribution >= 0.6 is 0 Å². The van der Waals surface area contributed by atoms with Crippen molar-refractivity contribution < 1.29 is 4.74 Å². The molecule has 0 atom stereocenters. The highest BCUT2D eigenvalue weighted by Gasteiger charge is 1.96. The van der Waals surface area contributed by atoms with Crippen molar-refractivity contribution in [3.8, 4) is 5.75 Å². The molecule has 0 unspecified atom stereocenters. The summed E-state index contributed by atoms with van der Waals surface area (Å²) in [5, 5.41) is 6.88. The number of benzene rings is 2. The van der Waals surface area contributed by atoms with E-state index >= 15 is 0 Å². The van der Waals surface area contributed by atoms with E-state index in [1.54, 1.807) is 7.11 Å². The van der Waals surface area contributed by atoms with Gasteiger partial charge >= 0.3 is 0 Å². The highest BCUT2D eigenvalue weighted by Crippen LogP contribution is 2.13. The van der Waals surface area contributed by atoms with Crippen LogP contribution < -0.4 is 15.4 Å². The van der Waals surface area contributed by atoms with Crippen molar-refractivity contribution >= 4 is 5.69 Å². The molecule has 2 aromatic rings. The van der Waals surface area contributed by atoms with Gasteiger partial charge < -0.3 is 15.4 Å². The summed E-state index contributed by atoms with van der Waals surface area (Å²) in [5.74, 6) is 0.898. The van der Waals surface area contributed by atoms with Crippen molar-refractivity contribution in [3.05, 3.63) is 59.2 Å². The molecule has 0 saturated carbocycles. The fraction of sp³-hybridized carbons (Fsp3) is 0.333. The molecular weight excluding hydrogens is 260 g/mol. The molecule has 0 spiro atoms. The van der Waals surface area contributed by atoms with Crippen LogP contribution in [0.1, 0.15) is 16.7 Å². The average Bonchev–Trinajstić information content (AvgIpc) is 2.46. The van der Waals surface area contributed by atoms with Crippen LogP contribution in [0.25, 0.3) is 0 Å². The molecule has 0 aliphatic heterocycles. The third-order valence-electron chi connectivity index (χ3n) is 3.34. The summed E-state index contributed by atoms with van der Waals surface area (Å²) in [6.07, 6.45) is 0. The number of nitrogens with one attached hydrogen (secondary N) is 2. The molecule has 0 heterocycles. The normalized spacial score (nSPS) is 10.4. The number of anilines is 1. The first-order valence-electron chi connectivity index (χ1n) is 7.33. The molecule has 0 saturated heterocycles. The van der Waals surface area contributed by atoms with Crippen LogP contribution in [-0.2, 0) is 6.54 Å². The van der Waals surface area contributed by atoms with Crippen molar-refractivity contribution in [1.29, 1.82) is 0 Å². The lowest BCUT2D eigenvalue weighted by atomic mass is 10.1. The van der Waals surface area contributed by atoms with Crippen molar-refractivity contribution in [1.82, 2.24) is 5.32 Å². The highest BCUT2D eigenvalue weighted by molar-refractivity contribution is 5.48. The maximum atomic E-state index is 5.15. The highest BCUT2D eigenvalue weighted by atomic mass is 16.5. The fourth-order valence-corrected chi connectivity index (χ4v) is 2.35. The molecule has 21 heavy (non-hydrogen) atoms. The van der Waals surface area contributed by atoms with E-state index in [9.17, 15) is 0 Å². The van der Waals surface area contributed by atoms with Gasteiger partial charge in [-0.2, -0.15) is 0 Å². The fourth-order valence-electron chi connectivity index (χ4n) is 2.35. The summed E-state index contributed by atoms with van der Waals surface area (Å²) >= 11 is 0.